The minimum Gasteiger partial charge on any atom is -0.482 e. The summed E-state index contributed by atoms with van der Waals surface area (Å²) in [5.74, 6) is 0.989. The second kappa shape index (κ2) is 12.4. The molecule has 23 heavy (non-hydrogen) atoms. The number of ether oxygens (including phenoxy) is 2. The molecular weight excluding hydrogens is 288 g/mol. The molecule has 2 aliphatic rings. The van der Waals surface area contributed by atoms with Crippen LogP contribution in [-0.4, -0.2) is 37.6 Å². The van der Waals surface area contributed by atoms with Gasteiger partial charge in [-0.05, 0) is 20.3 Å². The van der Waals surface area contributed by atoms with Crippen molar-refractivity contribution in [3.05, 3.63) is 0 Å². The lowest BCUT2D eigenvalue weighted by Crippen LogP contribution is -2.17. The van der Waals surface area contributed by atoms with Crippen LogP contribution in [0.5, 0.6) is 0 Å². The summed E-state index contributed by atoms with van der Waals surface area (Å²) in [6.07, 6.45) is 14.9. The van der Waals surface area contributed by atoms with E-state index in [1.54, 1.807) is 0 Å². The summed E-state index contributed by atoms with van der Waals surface area (Å²) in [4.78, 5) is 8.32. The summed E-state index contributed by atoms with van der Waals surface area (Å²) in [5.41, 5.74) is 0.0224. The number of unbranched alkanes of at least 4 members (excludes halogenated alkanes) is 8. The Balaban J connectivity index is 0.000000446. The molecule has 0 aromatic carbocycles. The predicted octanol–water partition coefficient (Wildman–Crippen LogP) is 5.16. The molecule has 134 valence electrons. The molecule has 0 fully saturated rings. The van der Waals surface area contributed by atoms with E-state index in [2.05, 4.69) is 35.5 Å². The van der Waals surface area contributed by atoms with Crippen molar-refractivity contribution in [1.29, 1.82) is 0 Å². The molecule has 2 aliphatic heterocycles. The lowest BCUT2D eigenvalue weighted by Gasteiger charge is -2.07. The maximum absolute atomic E-state index is 5.59. The predicted molar refractivity (Wildman–Crippen MR) is 98.6 cm³/mol. The van der Waals surface area contributed by atoms with Crippen LogP contribution < -0.4 is 0 Å². The monoisotopic (exact) mass is 324 g/mol. The molecule has 2 heterocycles. The van der Waals surface area contributed by atoms with E-state index in [-0.39, 0.29) is 5.54 Å². The van der Waals surface area contributed by atoms with E-state index in [1.165, 1.54) is 64.2 Å². The van der Waals surface area contributed by atoms with E-state index in [0.29, 0.717) is 0 Å². The molecule has 0 aliphatic carbocycles. The number of aliphatic imine (C=N–C) groups is 2. The maximum Gasteiger partial charge on any atom is 0.183 e. The smallest absolute Gasteiger partial charge is 0.183 e. The van der Waals surface area contributed by atoms with Gasteiger partial charge in [-0.3, -0.25) is 4.99 Å². The minimum absolute atomic E-state index is 0.0224. The van der Waals surface area contributed by atoms with Gasteiger partial charge in [-0.1, -0.05) is 58.3 Å². The summed E-state index contributed by atoms with van der Waals surface area (Å²) in [7, 11) is 0. The van der Waals surface area contributed by atoms with Gasteiger partial charge in [-0.25, -0.2) is 4.99 Å². The highest BCUT2D eigenvalue weighted by molar-refractivity contribution is 5.78. The van der Waals surface area contributed by atoms with Gasteiger partial charge < -0.3 is 9.47 Å². The lowest BCUT2D eigenvalue weighted by molar-refractivity contribution is 0.273. The molecule has 0 amide bonds. The first-order chi connectivity index (χ1) is 11.1. The summed E-state index contributed by atoms with van der Waals surface area (Å²) in [5, 5.41) is 0. The molecular formula is C19H36N2O2. The summed E-state index contributed by atoms with van der Waals surface area (Å²) >= 11 is 0. The SMILES string of the molecule is C1=NCCO1.CCCCCCCCCCCC1=NC(C)(C)CO1. The van der Waals surface area contributed by atoms with Crippen molar-refractivity contribution in [1.82, 2.24) is 0 Å². The van der Waals surface area contributed by atoms with Crippen molar-refractivity contribution in [3.63, 3.8) is 0 Å². The van der Waals surface area contributed by atoms with Crippen LogP contribution in [0.4, 0.5) is 0 Å². The third-order valence-corrected chi connectivity index (χ3v) is 4.00. The van der Waals surface area contributed by atoms with Crippen molar-refractivity contribution >= 4 is 12.3 Å². The second-order valence-electron chi connectivity index (χ2n) is 7.07. The number of hydrogen-bond acceptors (Lipinski definition) is 4. The van der Waals surface area contributed by atoms with E-state index in [0.717, 1.165) is 32.1 Å². The molecule has 0 atom stereocenters. The quantitative estimate of drug-likeness (QED) is 0.521. The highest BCUT2D eigenvalue weighted by Gasteiger charge is 2.25. The number of nitrogens with zero attached hydrogens (tertiary/aromatic N) is 2. The molecule has 0 radical (unpaired) electrons. The lowest BCUT2D eigenvalue weighted by atomic mass is 10.1. The molecule has 0 unspecified atom stereocenters. The van der Waals surface area contributed by atoms with Crippen molar-refractivity contribution in [2.75, 3.05) is 19.8 Å². The van der Waals surface area contributed by atoms with Crippen molar-refractivity contribution in [2.45, 2.75) is 90.5 Å². The molecule has 0 aromatic heterocycles. The fourth-order valence-electron chi connectivity index (χ4n) is 2.64. The zero-order valence-electron chi connectivity index (χ0n) is 15.5. The van der Waals surface area contributed by atoms with Gasteiger partial charge in [0.15, 0.2) is 12.3 Å². The summed E-state index contributed by atoms with van der Waals surface area (Å²) in [6.45, 7) is 8.93. The molecule has 0 saturated carbocycles. The first kappa shape index (κ1) is 20.0. The van der Waals surface area contributed by atoms with Gasteiger partial charge in [0.25, 0.3) is 0 Å². The second-order valence-corrected chi connectivity index (χ2v) is 7.07. The minimum atomic E-state index is 0.0224. The Kier molecular flexibility index (Phi) is 10.8. The average Bonchev–Trinajstić information content (AvgIpc) is 3.19. The van der Waals surface area contributed by atoms with Crippen LogP contribution in [0.25, 0.3) is 0 Å². The summed E-state index contributed by atoms with van der Waals surface area (Å²) < 4.78 is 10.2. The van der Waals surface area contributed by atoms with Crippen LogP contribution in [0, 0.1) is 0 Å². The van der Waals surface area contributed by atoms with Gasteiger partial charge in [0.2, 0.25) is 0 Å². The van der Waals surface area contributed by atoms with Crippen molar-refractivity contribution < 1.29 is 9.47 Å². The van der Waals surface area contributed by atoms with Crippen LogP contribution in [0.3, 0.4) is 0 Å². The van der Waals surface area contributed by atoms with Crippen molar-refractivity contribution in [2.24, 2.45) is 9.98 Å². The third-order valence-electron chi connectivity index (χ3n) is 4.00. The van der Waals surface area contributed by atoms with Gasteiger partial charge >= 0.3 is 0 Å². The van der Waals surface area contributed by atoms with Gasteiger partial charge in [0, 0.05) is 6.42 Å². The highest BCUT2D eigenvalue weighted by atomic mass is 16.5. The van der Waals surface area contributed by atoms with E-state index >= 15 is 0 Å². The Labute approximate surface area is 142 Å². The molecule has 4 heteroatoms. The van der Waals surface area contributed by atoms with Crippen LogP contribution >= 0.6 is 0 Å². The van der Waals surface area contributed by atoms with Crippen LogP contribution in [-0.2, 0) is 9.47 Å². The molecule has 4 nitrogen and oxygen atoms in total. The van der Waals surface area contributed by atoms with Crippen LogP contribution in [0.2, 0.25) is 0 Å². The molecule has 2 rings (SSSR count). The van der Waals surface area contributed by atoms with E-state index in [4.69, 9.17) is 4.74 Å². The van der Waals surface area contributed by atoms with Crippen molar-refractivity contribution in [3.8, 4) is 0 Å². The van der Waals surface area contributed by atoms with Crippen LogP contribution in [0.1, 0.15) is 85.0 Å². The number of hydrogen-bond donors (Lipinski definition) is 0. The average molecular weight is 325 g/mol. The molecule has 0 saturated heterocycles. The Bertz CT molecular complexity index is 345. The Hall–Kier alpha value is -1.06. The van der Waals surface area contributed by atoms with E-state index < -0.39 is 0 Å². The zero-order chi connectivity index (χ0) is 16.8. The Morgan fingerprint density at radius 1 is 1.00 bits per heavy atom. The fraction of sp³-hybridized carbons (Fsp3) is 0.895. The van der Waals surface area contributed by atoms with E-state index in [1.807, 2.05) is 0 Å². The first-order valence-electron chi connectivity index (χ1n) is 9.45. The largest absolute Gasteiger partial charge is 0.482 e. The Morgan fingerprint density at radius 3 is 2.09 bits per heavy atom. The topological polar surface area (TPSA) is 43.2 Å². The van der Waals surface area contributed by atoms with Gasteiger partial charge in [-0.2, -0.15) is 0 Å². The van der Waals surface area contributed by atoms with Gasteiger partial charge in [-0.15, -0.1) is 0 Å². The molecule has 0 N–H and O–H groups in total. The number of rotatable bonds is 10. The van der Waals surface area contributed by atoms with Gasteiger partial charge in [0.05, 0.1) is 12.1 Å². The highest BCUT2D eigenvalue weighted by Crippen LogP contribution is 2.19. The van der Waals surface area contributed by atoms with E-state index in [9.17, 15) is 0 Å². The van der Waals surface area contributed by atoms with Crippen LogP contribution in [0.15, 0.2) is 9.98 Å². The molecule has 0 aromatic rings. The standard InChI is InChI=1S/C16H31NO.C3H5NO/c1-4-5-6-7-8-9-10-11-12-13-15-17-16(2,3)14-18-15;1-2-5-3-4-1/h4-14H2,1-3H3;3H,1-2H2. The third kappa shape index (κ3) is 11.2. The maximum atomic E-state index is 5.59. The van der Waals surface area contributed by atoms with Gasteiger partial charge in [0.1, 0.15) is 13.2 Å². The normalized spacial score (nSPS) is 18.0. The Morgan fingerprint density at radius 2 is 1.65 bits per heavy atom. The summed E-state index contributed by atoms with van der Waals surface area (Å²) in [6, 6.07) is 0. The molecule has 0 bridgehead atoms. The zero-order valence-corrected chi connectivity index (χ0v) is 15.5. The first-order valence-corrected chi connectivity index (χ1v) is 9.45. The fourth-order valence-corrected chi connectivity index (χ4v) is 2.64. The molecule has 0 spiro atoms.